The van der Waals surface area contributed by atoms with Crippen LogP contribution >= 0.6 is 0 Å². The number of aromatic nitrogens is 1. The van der Waals surface area contributed by atoms with E-state index in [0.29, 0.717) is 6.02 Å². The molecule has 0 saturated carbocycles. The lowest BCUT2D eigenvalue weighted by molar-refractivity contribution is -0.124. The van der Waals surface area contributed by atoms with Gasteiger partial charge in [-0.15, -0.1) is 0 Å². The summed E-state index contributed by atoms with van der Waals surface area (Å²) in [5.41, 5.74) is 2.14. The molecule has 0 spiro atoms. The van der Waals surface area contributed by atoms with Crippen molar-refractivity contribution in [3.05, 3.63) is 36.0 Å². The van der Waals surface area contributed by atoms with Crippen LogP contribution in [0.1, 0.15) is 18.4 Å². The predicted octanol–water partition coefficient (Wildman–Crippen LogP) is 1.77. The molecule has 3 rings (SSSR count). The summed E-state index contributed by atoms with van der Waals surface area (Å²) >= 11 is 0. The van der Waals surface area contributed by atoms with Gasteiger partial charge in [-0.25, -0.2) is 4.99 Å². The molecule has 1 aromatic heterocycles. The molecule has 0 radical (unpaired) electrons. The summed E-state index contributed by atoms with van der Waals surface area (Å²) in [6, 6.07) is 8.32. The quantitative estimate of drug-likeness (QED) is 0.861. The molecule has 2 N–H and O–H groups in total. The number of H-pyrrole nitrogens is 1. The van der Waals surface area contributed by atoms with Crippen molar-refractivity contribution in [2.75, 3.05) is 7.05 Å². The van der Waals surface area contributed by atoms with Crippen LogP contribution in [0.25, 0.3) is 10.9 Å². The van der Waals surface area contributed by atoms with E-state index in [1.54, 1.807) is 7.05 Å². The number of carbonyl (C=O) groups excluding carboxylic acids is 1. The molecule has 5 heteroatoms. The lowest BCUT2D eigenvalue weighted by atomic mass is 9.94. The van der Waals surface area contributed by atoms with E-state index in [9.17, 15) is 4.79 Å². The van der Waals surface area contributed by atoms with Gasteiger partial charge in [0, 0.05) is 30.1 Å². The molecular weight excluding hydrogens is 242 g/mol. The Morgan fingerprint density at radius 3 is 2.89 bits per heavy atom. The van der Waals surface area contributed by atoms with Crippen molar-refractivity contribution in [1.29, 1.82) is 0 Å². The fraction of sp³-hybridized carbons (Fsp3) is 0.286. The van der Waals surface area contributed by atoms with Gasteiger partial charge in [-0.2, -0.15) is 0 Å². The first-order valence-electron chi connectivity index (χ1n) is 6.21. The fourth-order valence-electron chi connectivity index (χ4n) is 2.45. The predicted molar refractivity (Wildman–Crippen MR) is 73.1 cm³/mol. The third kappa shape index (κ3) is 1.87. The first-order valence-corrected chi connectivity index (χ1v) is 6.21. The third-order valence-electron chi connectivity index (χ3n) is 3.50. The summed E-state index contributed by atoms with van der Waals surface area (Å²) in [4.78, 5) is 19.0. The van der Waals surface area contributed by atoms with Crippen LogP contribution in [-0.4, -0.2) is 30.1 Å². The molecule has 2 aromatic rings. The number of benzene rings is 1. The van der Waals surface area contributed by atoms with Crippen LogP contribution in [0.3, 0.4) is 0 Å². The van der Waals surface area contributed by atoms with Crippen molar-refractivity contribution in [2.24, 2.45) is 4.99 Å². The van der Waals surface area contributed by atoms with E-state index < -0.39 is 6.10 Å². The number of para-hydroxylation sites is 1. The molecule has 5 nitrogen and oxygen atoms in total. The number of rotatable bonds is 2. The van der Waals surface area contributed by atoms with Crippen molar-refractivity contribution < 1.29 is 9.53 Å². The zero-order valence-corrected chi connectivity index (χ0v) is 10.8. The number of nitrogens with zero attached hydrogens (tertiary/aromatic N) is 1. The normalized spacial score (nSPS) is 22.5. The number of aliphatic imine (C=N–C) groups is 1. The molecule has 1 amide bonds. The average Bonchev–Trinajstić information content (AvgIpc) is 3.01. The molecule has 0 bridgehead atoms. The summed E-state index contributed by atoms with van der Waals surface area (Å²) < 4.78 is 5.53. The number of nitrogens with one attached hydrogen (secondary N) is 2. The van der Waals surface area contributed by atoms with Crippen molar-refractivity contribution in [3.63, 3.8) is 0 Å². The number of ether oxygens (including phenoxy) is 1. The minimum absolute atomic E-state index is 0.0459. The van der Waals surface area contributed by atoms with E-state index in [1.807, 2.05) is 37.4 Å². The van der Waals surface area contributed by atoms with E-state index in [-0.39, 0.29) is 11.8 Å². The van der Waals surface area contributed by atoms with Gasteiger partial charge >= 0.3 is 0 Å². The van der Waals surface area contributed by atoms with Crippen LogP contribution in [0, 0.1) is 0 Å². The van der Waals surface area contributed by atoms with Gasteiger partial charge in [-0.3, -0.25) is 10.1 Å². The van der Waals surface area contributed by atoms with E-state index in [4.69, 9.17) is 4.74 Å². The Morgan fingerprint density at radius 2 is 2.16 bits per heavy atom. The highest BCUT2D eigenvalue weighted by molar-refractivity contribution is 6.02. The molecule has 1 fully saturated rings. The van der Waals surface area contributed by atoms with Crippen LogP contribution in [0.5, 0.6) is 0 Å². The third-order valence-corrected chi connectivity index (χ3v) is 3.50. The summed E-state index contributed by atoms with van der Waals surface area (Å²) in [5.74, 6) is -0.186. The Labute approximate surface area is 110 Å². The van der Waals surface area contributed by atoms with Crippen LogP contribution < -0.4 is 5.32 Å². The van der Waals surface area contributed by atoms with Gasteiger partial charge in [0.05, 0.1) is 0 Å². The Bertz CT molecular complexity index is 660. The zero-order chi connectivity index (χ0) is 13.4. The second-order valence-electron chi connectivity index (χ2n) is 4.63. The topological polar surface area (TPSA) is 66.5 Å². The van der Waals surface area contributed by atoms with Gasteiger partial charge in [-0.1, -0.05) is 25.1 Å². The Balaban J connectivity index is 1.96. The first kappa shape index (κ1) is 11.8. The summed E-state index contributed by atoms with van der Waals surface area (Å²) in [7, 11) is 1.59. The largest absolute Gasteiger partial charge is 0.451 e. The number of carbonyl (C=O) groups is 1. The van der Waals surface area contributed by atoms with Crippen LogP contribution in [0.15, 0.2) is 35.5 Å². The van der Waals surface area contributed by atoms with Gasteiger partial charge < -0.3 is 9.72 Å². The van der Waals surface area contributed by atoms with E-state index in [2.05, 4.69) is 15.3 Å². The molecule has 98 valence electrons. The minimum atomic E-state index is -0.530. The fourth-order valence-corrected chi connectivity index (χ4v) is 2.45. The van der Waals surface area contributed by atoms with Crippen molar-refractivity contribution >= 4 is 22.8 Å². The molecule has 1 aliphatic rings. The maximum absolute atomic E-state index is 11.9. The van der Waals surface area contributed by atoms with Crippen molar-refractivity contribution in [3.8, 4) is 0 Å². The molecule has 1 aliphatic heterocycles. The van der Waals surface area contributed by atoms with Gasteiger partial charge in [0.25, 0.3) is 11.9 Å². The molecule has 1 unspecified atom stereocenters. The number of fused-ring (bicyclic) bond motifs is 1. The number of amides is 1. The number of aromatic amines is 1. The van der Waals surface area contributed by atoms with Crippen LogP contribution in [0.2, 0.25) is 0 Å². The second-order valence-corrected chi connectivity index (χ2v) is 4.63. The summed E-state index contributed by atoms with van der Waals surface area (Å²) in [5, 5.41) is 3.74. The molecule has 2 heterocycles. The monoisotopic (exact) mass is 257 g/mol. The van der Waals surface area contributed by atoms with Crippen LogP contribution in [-0.2, 0) is 9.53 Å². The van der Waals surface area contributed by atoms with Crippen molar-refractivity contribution in [2.45, 2.75) is 18.9 Å². The molecule has 1 saturated heterocycles. The number of hydrogen-bond acceptors (Lipinski definition) is 3. The molecule has 19 heavy (non-hydrogen) atoms. The van der Waals surface area contributed by atoms with Gasteiger partial charge in [0.15, 0.2) is 6.10 Å². The Morgan fingerprint density at radius 1 is 1.37 bits per heavy atom. The smallest absolute Gasteiger partial charge is 0.292 e. The Kier molecular flexibility index (Phi) is 2.74. The maximum Gasteiger partial charge on any atom is 0.292 e. The number of amidine groups is 1. The lowest BCUT2D eigenvalue weighted by Crippen LogP contribution is -2.28. The average molecular weight is 257 g/mol. The number of hydrogen-bond donors (Lipinski definition) is 2. The van der Waals surface area contributed by atoms with Gasteiger partial charge in [-0.05, 0) is 11.6 Å². The van der Waals surface area contributed by atoms with Gasteiger partial charge in [0.2, 0.25) is 0 Å². The zero-order valence-electron chi connectivity index (χ0n) is 10.8. The summed E-state index contributed by atoms with van der Waals surface area (Å²) in [6.45, 7) is 1.98. The van der Waals surface area contributed by atoms with E-state index >= 15 is 0 Å². The highest BCUT2D eigenvalue weighted by Gasteiger charge is 2.36. The lowest BCUT2D eigenvalue weighted by Gasteiger charge is -2.15. The minimum Gasteiger partial charge on any atom is -0.451 e. The van der Waals surface area contributed by atoms with Crippen LogP contribution in [0.4, 0.5) is 0 Å². The standard InChI is InChI=1S/C14H15N3O2/c1-8(12-13(18)17-14(15-2)19-12)10-7-16-11-6-4-3-5-9(10)11/h3-8,12,16H,1-2H3,(H,15,17,18)/t8-,12?/m1/s1. The first-order chi connectivity index (χ1) is 9.20. The summed E-state index contributed by atoms with van der Waals surface area (Å²) in [6.07, 6.45) is 1.41. The van der Waals surface area contributed by atoms with E-state index in [1.165, 1.54) is 0 Å². The van der Waals surface area contributed by atoms with E-state index in [0.717, 1.165) is 16.5 Å². The highest BCUT2D eigenvalue weighted by atomic mass is 16.5. The maximum atomic E-state index is 11.9. The molecule has 2 atom stereocenters. The van der Waals surface area contributed by atoms with Crippen molar-refractivity contribution in [1.82, 2.24) is 10.3 Å². The molecular formula is C14H15N3O2. The Hall–Kier alpha value is -2.30. The second kappa shape index (κ2) is 4.42. The molecule has 1 aromatic carbocycles. The SMILES string of the molecule is CN=C1NC(=O)C([C@H](C)c2c[nH]c3ccccc23)O1. The molecule has 0 aliphatic carbocycles. The highest BCUT2D eigenvalue weighted by Crippen LogP contribution is 2.30. The van der Waals surface area contributed by atoms with Gasteiger partial charge in [0.1, 0.15) is 0 Å².